The summed E-state index contributed by atoms with van der Waals surface area (Å²) in [6.07, 6.45) is 0. The zero-order chi connectivity index (χ0) is 14.0. The molecule has 0 atom stereocenters. The van der Waals surface area contributed by atoms with E-state index in [-0.39, 0.29) is 16.8 Å². The monoisotopic (exact) mass is 301 g/mol. The highest BCUT2D eigenvalue weighted by Crippen LogP contribution is 2.19. The molecule has 0 spiro atoms. The van der Waals surface area contributed by atoms with E-state index in [9.17, 15) is 4.79 Å². The number of halogens is 2. The number of carbonyl (C=O) groups excluding carboxylic acids is 1. The van der Waals surface area contributed by atoms with Gasteiger partial charge in [0.15, 0.2) is 0 Å². The molecule has 1 saturated heterocycles. The molecular formula is C13H17Cl2N3O. The van der Waals surface area contributed by atoms with Gasteiger partial charge in [0.2, 0.25) is 0 Å². The Labute approximate surface area is 123 Å². The summed E-state index contributed by atoms with van der Waals surface area (Å²) in [4.78, 5) is 20.5. The van der Waals surface area contributed by atoms with Crippen molar-refractivity contribution in [1.29, 1.82) is 0 Å². The van der Waals surface area contributed by atoms with Crippen LogP contribution in [0.5, 0.6) is 0 Å². The first-order valence-corrected chi connectivity index (χ1v) is 7.10. The number of amides is 1. The van der Waals surface area contributed by atoms with E-state index in [1.54, 1.807) is 17.0 Å². The van der Waals surface area contributed by atoms with Crippen molar-refractivity contribution in [1.82, 2.24) is 14.8 Å². The third-order valence-electron chi connectivity index (χ3n) is 3.35. The van der Waals surface area contributed by atoms with Gasteiger partial charge in [0.1, 0.15) is 10.8 Å². The van der Waals surface area contributed by atoms with Crippen molar-refractivity contribution in [3.63, 3.8) is 0 Å². The van der Waals surface area contributed by atoms with E-state index in [4.69, 9.17) is 23.2 Å². The number of rotatable bonds is 2. The second-order valence-electron chi connectivity index (χ2n) is 4.89. The van der Waals surface area contributed by atoms with E-state index >= 15 is 0 Å². The number of piperazine rings is 1. The van der Waals surface area contributed by atoms with Crippen LogP contribution in [0.2, 0.25) is 10.2 Å². The largest absolute Gasteiger partial charge is 0.335 e. The molecule has 0 aliphatic carbocycles. The van der Waals surface area contributed by atoms with E-state index in [1.807, 2.05) is 0 Å². The molecule has 104 valence electrons. The Hall–Kier alpha value is -0.840. The van der Waals surface area contributed by atoms with Crippen LogP contribution in [-0.2, 0) is 0 Å². The Morgan fingerprint density at radius 2 is 1.84 bits per heavy atom. The van der Waals surface area contributed by atoms with Crippen molar-refractivity contribution >= 4 is 29.1 Å². The lowest BCUT2D eigenvalue weighted by molar-refractivity contribution is 0.0590. The quantitative estimate of drug-likeness (QED) is 0.788. The maximum Gasteiger partial charge on any atom is 0.274 e. The Balaban J connectivity index is 2.07. The minimum atomic E-state index is -0.143. The van der Waals surface area contributed by atoms with Gasteiger partial charge in [0, 0.05) is 32.2 Å². The first kappa shape index (κ1) is 14.6. The molecule has 2 heterocycles. The Kier molecular flexibility index (Phi) is 4.66. The number of hydrogen-bond donors (Lipinski definition) is 0. The van der Waals surface area contributed by atoms with Crippen LogP contribution in [0.1, 0.15) is 24.3 Å². The van der Waals surface area contributed by atoms with E-state index in [0.29, 0.717) is 24.2 Å². The van der Waals surface area contributed by atoms with Gasteiger partial charge >= 0.3 is 0 Å². The van der Waals surface area contributed by atoms with Crippen LogP contribution in [0.4, 0.5) is 0 Å². The average Bonchev–Trinajstić information content (AvgIpc) is 2.41. The standard InChI is InChI=1S/C13H17Cl2N3O/c1-9(2)17-5-7-18(8-6-17)13(19)12-10(14)3-4-11(15)16-12/h3-4,9H,5-8H2,1-2H3. The van der Waals surface area contributed by atoms with Crippen LogP contribution in [0.3, 0.4) is 0 Å². The molecule has 0 aromatic carbocycles. The number of pyridine rings is 1. The third kappa shape index (κ3) is 3.38. The highest BCUT2D eigenvalue weighted by atomic mass is 35.5. The van der Waals surface area contributed by atoms with Gasteiger partial charge in [-0.1, -0.05) is 23.2 Å². The van der Waals surface area contributed by atoms with Crippen LogP contribution in [0.25, 0.3) is 0 Å². The van der Waals surface area contributed by atoms with Gasteiger partial charge in [-0.2, -0.15) is 0 Å². The first-order chi connectivity index (χ1) is 8.99. The summed E-state index contributed by atoms with van der Waals surface area (Å²) in [5, 5.41) is 0.634. The summed E-state index contributed by atoms with van der Waals surface area (Å²) in [5.74, 6) is -0.143. The molecule has 0 bridgehead atoms. The van der Waals surface area contributed by atoms with Crippen LogP contribution in [0.15, 0.2) is 12.1 Å². The third-order valence-corrected chi connectivity index (χ3v) is 3.86. The molecule has 4 nitrogen and oxygen atoms in total. The number of nitrogens with zero attached hydrogens (tertiary/aromatic N) is 3. The SMILES string of the molecule is CC(C)N1CCN(C(=O)c2nc(Cl)ccc2Cl)CC1. The summed E-state index contributed by atoms with van der Waals surface area (Å²) < 4.78 is 0. The second-order valence-corrected chi connectivity index (χ2v) is 5.68. The summed E-state index contributed by atoms with van der Waals surface area (Å²) in [6, 6.07) is 3.69. The zero-order valence-electron chi connectivity index (χ0n) is 11.1. The molecule has 6 heteroatoms. The van der Waals surface area contributed by atoms with Crippen molar-refractivity contribution < 1.29 is 4.79 Å². The summed E-state index contributed by atoms with van der Waals surface area (Å²) in [6.45, 7) is 7.46. The van der Waals surface area contributed by atoms with Gasteiger partial charge < -0.3 is 4.90 Å². The molecule has 1 amide bonds. The predicted molar refractivity (Wildman–Crippen MR) is 76.9 cm³/mol. The molecule has 0 unspecified atom stereocenters. The minimum absolute atomic E-state index is 0.143. The highest BCUT2D eigenvalue weighted by molar-refractivity contribution is 6.34. The smallest absolute Gasteiger partial charge is 0.274 e. The van der Waals surface area contributed by atoms with Crippen molar-refractivity contribution in [3.05, 3.63) is 28.0 Å². The molecule has 1 aromatic heterocycles. The van der Waals surface area contributed by atoms with Gasteiger partial charge in [-0.15, -0.1) is 0 Å². The van der Waals surface area contributed by atoms with Crippen LogP contribution in [-0.4, -0.2) is 52.9 Å². The Morgan fingerprint density at radius 3 is 2.42 bits per heavy atom. The Bertz CT molecular complexity index is 471. The number of aromatic nitrogens is 1. The predicted octanol–water partition coefficient (Wildman–Crippen LogP) is 2.55. The molecule has 1 aliphatic rings. The summed E-state index contributed by atoms with van der Waals surface area (Å²) >= 11 is 11.8. The average molecular weight is 302 g/mol. The fourth-order valence-corrected chi connectivity index (χ4v) is 2.49. The molecule has 0 N–H and O–H groups in total. The van der Waals surface area contributed by atoms with Gasteiger partial charge in [0.25, 0.3) is 5.91 Å². The Morgan fingerprint density at radius 1 is 1.21 bits per heavy atom. The molecule has 1 aliphatic heterocycles. The highest BCUT2D eigenvalue weighted by Gasteiger charge is 2.25. The van der Waals surface area contributed by atoms with Crippen molar-refractivity contribution in [3.8, 4) is 0 Å². The molecule has 2 rings (SSSR count). The maximum atomic E-state index is 12.4. The molecule has 19 heavy (non-hydrogen) atoms. The summed E-state index contributed by atoms with van der Waals surface area (Å²) in [5.41, 5.74) is 0.243. The number of hydrogen-bond acceptors (Lipinski definition) is 3. The minimum Gasteiger partial charge on any atom is -0.335 e. The number of carbonyl (C=O) groups is 1. The van der Waals surface area contributed by atoms with E-state index in [0.717, 1.165) is 13.1 Å². The van der Waals surface area contributed by atoms with Crippen LogP contribution < -0.4 is 0 Å². The van der Waals surface area contributed by atoms with Gasteiger partial charge in [-0.25, -0.2) is 4.98 Å². The van der Waals surface area contributed by atoms with Gasteiger partial charge in [0.05, 0.1) is 5.02 Å². The lowest BCUT2D eigenvalue weighted by atomic mass is 10.2. The fraction of sp³-hybridized carbons (Fsp3) is 0.538. The van der Waals surface area contributed by atoms with E-state index < -0.39 is 0 Å². The second kappa shape index (κ2) is 6.07. The van der Waals surface area contributed by atoms with Crippen molar-refractivity contribution in [2.75, 3.05) is 26.2 Å². The zero-order valence-corrected chi connectivity index (χ0v) is 12.6. The van der Waals surface area contributed by atoms with E-state index in [1.165, 1.54) is 0 Å². The maximum absolute atomic E-state index is 12.4. The fourth-order valence-electron chi connectivity index (χ4n) is 2.16. The molecule has 1 fully saturated rings. The van der Waals surface area contributed by atoms with Crippen molar-refractivity contribution in [2.24, 2.45) is 0 Å². The van der Waals surface area contributed by atoms with E-state index in [2.05, 4.69) is 23.7 Å². The summed E-state index contributed by atoms with van der Waals surface area (Å²) in [7, 11) is 0. The van der Waals surface area contributed by atoms with Gasteiger partial charge in [-0.3, -0.25) is 9.69 Å². The molecule has 1 aromatic rings. The lowest BCUT2D eigenvalue weighted by Gasteiger charge is -2.36. The molecule has 0 radical (unpaired) electrons. The first-order valence-electron chi connectivity index (χ1n) is 6.34. The molecule has 0 saturated carbocycles. The topological polar surface area (TPSA) is 36.4 Å². The van der Waals surface area contributed by atoms with Crippen LogP contribution >= 0.6 is 23.2 Å². The normalized spacial score (nSPS) is 17.0. The lowest BCUT2D eigenvalue weighted by Crippen LogP contribution is -2.50. The molecular weight excluding hydrogens is 285 g/mol. The van der Waals surface area contributed by atoms with Crippen molar-refractivity contribution in [2.45, 2.75) is 19.9 Å². The van der Waals surface area contributed by atoms with Gasteiger partial charge in [-0.05, 0) is 26.0 Å². The van der Waals surface area contributed by atoms with Crippen LogP contribution in [0, 0.1) is 0 Å².